The van der Waals surface area contributed by atoms with Crippen LogP contribution >= 0.6 is 11.3 Å². The molecule has 32 heavy (non-hydrogen) atoms. The molecule has 1 N–H and O–H groups in total. The third-order valence-corrected chi connectivity index (χ3v) is 6.91. The zero-order valence-corrected chi connectivity index (χ0v) is 19.0. The second-order valence-corrected chi connectivity index (χ2v) is 9.55. The molecule has 0 spiro atoms. The monoisotopic (exact) mass is 447 g/mol. The smallest absolute Gasteiger partial charge is 0.259 e. The third kappa shape index (κ3) is 4.28. The molecule has 1 saturated heterocycles. The third-order valence-electron chi connectivity index (χ3n) is 5.89. The van der Waals surface area contributed by atoms with Crippen LogP contribution in [0.15, 0.2) is 47.1 Å². The fraction of sp³-hybridized carbons (Fsp3) is 0.333. The summed E-state index contributed by atoms with van der Waals surface area (Å²) in [4.78, 5) is 26.9. The van der Waals surface area contributed by atoms with Crippen LogP contribution in [0.3, 0.4) is 0 Å². The molecule has 1 aliphatic heterocycles. The summed E-state index contributed by atoms with van der Waals surface area (Å²) in [5, 5.41) is 7.97. The van der Waals surface area contributed by atoms with Crippen LogP contribution in [0.1, 0.15) is 39.5 Å². The summed E-state index contributed by atoms with van der Waals surface area (Å²) < 4.78 is 5.42. The standard InChI is InChI=1S/C24H25N5O2S/c1-15-6-7-21(32-15)20-13-19(22-16(2)28-31-24(22)27-20)23(30)26-17-8-11-29(12-9-17)14-18-5-3-4-10-25-18/h3-7,10,13,17H,8-9,11-12,14H2,1-2H3,(H,26,30). The van der Waals surface area contributed by atoms with Crippen molar-refractivity contribution in [3.63, 3.8) is 0 Å². The molecule has 8 heteroatoms. The molecular formula is C24H25N5O2S. The lowest BCUT2D eigenvalue weighted by Gasteiger charge is -2.32. The zero-order valence-electron chi connectivity index (χ0n) is 18.2. The van der Waals surface area contributed by atoms with Crippen molar-refractivity contribution in [1.82, 2.24) is 25.3 Å². The van der Waals surface area contributed by atoms with Gasteiger partial charge in [-0.3, -0.25) is 14.7 Å². The number of thiophene rings is 1. The van der Waals surface area contributed by atoms with Crippen LogP contribution in [0.4, 0.5) is 0 Å². The number of piperidine rings is 1. The SMILES string of the molecule is Cc1ccc(-c2cc(C(=O)NC3CCN(Cc4ccccn4)CC3)c3c(C)noc3n2)s1. The summed E-state index contributed by atoms with van der Waals surface area (Å²) in [6, 6.07) is 12.1. The lowest BCUT2D eigenvalue weighted by molar-refractivity contribution is 0.0910. The average Bonchev–Trinajstić information content (AvgIpc) is 3.41. The van der Waals surface area contributed by atoms with Gasteiger partial charge in [0.25, 0.3) is 11.6 Å². The molecule has 1 amide bonds. The highest BCUT2D eigenvalue weighted by Gasteiger charge is 2.24. The molecule has 5 heterocycles. The first-order valence-electron chi connectivity index (χ1n) is 10.8. The van der Waals surface area contributed by atoms with Gasteiger partial charge in [0, 0.05) is 36.8 Å². The number of amides is 1. The highest BCUT2D eigenvalue weighted by atomic mass is 32.1. The lowest BCUT2D eigenvalue weighted by Crippen LogP contribution is -2.44. The number of nitrogens with one attached hydrogen (secondary N) is 1. The summed E-state index contributed by atoms with van der Waals surface area (Å²) in [5.41, 5.74) is 3.47. The molecule has 7 nitrogen and oxygen atoms in total. The predicted octanol–water partition coefficient (Wildman–Crippen LogP) is 4.36. The van der Waals surface area contributed by atoms with Crippen LogP contribution in [0.5, 0.6) is 0 Å². The number of hydrogen-bond donors (Lipinski definition) is 1. The molecule has 4 aromatic rings. The molecular weight excluding hydrogens is 422 g/mol. The Morgan fingerprint density at radius 1 is 1.22 bits per heavy atom. The van der Waals surface area contributed by atoms with Gasteiger partial charge in [0.05, 0.1) is 32.9 Å². The second kappa shape index (κ2) is 8.80. The summed E-state index contributed by atoms with van der Waals surface area (Å²) in [6.07, 6.45) is 3.65. The van der Waals surface area contributed by atoms with Crippen LogP contribution in [-0.4, -0.2) is 45.1 Å². The highest BCUT2D eigenvalue weighted by molar-refractivity contribution is 7.15. The Morgan fingerprint density at radius 2 is 2.06 bits per heavy atom. The Bertz CT molecular complexity index is 1240. The first-order chi connectivity index (χ1) is 15.6. The molecule has 0 atom stereocenters. The van der Waals surface area contributed by atoms with Gasteiger partial charge >= 0.3 is 0 Å². The Morgan fingerprint density at radius 3 is 2.78 bits per heavy atom. The number of hydrogen-bond acceptors (Lipinski definition) is 7. The first-order valence-corrected chi connectivity index (χ1v) is 11.7. The number of carbonyl (C=O) groups excluding carboxylic acids is 1. The number of pyridine rings is 2. The van der Waals surface area contributed by atoms with Gasteiger partial charge in [-0.05, 0) is 57.0 Å². The normalized spacial score (nSPS) is 15.3. The van der Waals surface area contributed by atoms with E-state index in [2.05, 4.69) is 44.4 Å². The molecule has 1 fully saturated rings. The average molecular weight is 448 g/mol. The van der Waals surface area contributed by atoms with E-state index in [-0.39, 0.29) is 11.9 Å². The predicted molar refractivity (Wildman–Crippen MR) is 125 cm³/mol. The van der Waals surface area contributed by atoms with Gasteiger partial charge in [-0.25, -0.2) is 4.98 Å². The van der Waals surface area contributed by atoms with Gasteiger partial charge in [0.1, 0.15) is 0 Å². The van der Waals surface area contributed by atoms with Crippen molar-refractivity contribution in [3.05, 3.63) is 64.4 Å². The Labute approximate surface area is 190 Å². The van der Waals surface area contributed by atoms with Gasteiger partial charge < -0.3 is 9.84 Å². The van der Waals surface area contributed by atoms with E-state index in [0.717, 1.165) is 48.7 Å². The van der Waals surface area contributed by atoms with Crippen LogP contribution in [-0.2, 0) is 6.54 Å². The number of carbonyl (C=O) groups is 1. The number of aromatic nitrogens is 3. The number of aryl methyl sites for hydroxylation is 2. The van der Waals surface area contributed by atoms with Crippen molar-refractivity contribution in [3.8, 4) is 10.6 Å². The topological polar surface area (TPSA) is 84.2 Å². The molecule has 0 aromatic carbocycles. The molecule has 5 rings (SSSR count). The van der Waals surface area contributed by atoms with Crippen LogP contribution in [0, 0.1) is 13.8 Å². The molecule has 0 aliphatic carbocycles. The Kier molecular flexibility index (Phi) is 5.71. The van der Waals surface area contributed by atoms with E-state index in [1.54, 1.807) is 11.3 Å². The molecule has 0 radical (unpaired) electrons. The van der Waals surface area contributed by atoms with Gasteiger partial charge in [0.15, 0.2) is 0 Å². The largest absolute Gasteiger partial charge is 0.349 e. The molecule has 1 aliphatic rings. The Balaban J connectivity index is 1.31. The first kappa shape index (κ1) is 20.8. The molecule has 0 saturated carbocycles. The van der Waals surface area contributed by atoms with Gasteiger partial charge in [-0.15, -0.1) is 11.3 Å². The maximum absolute atomic E-state index is 13.3. The van der Waals surface area contributed by atoms with Crippen molar-refractivity contribution < 1.29 is 9.32 Å². The minimum absolute atomic E-state index is 0.0959. The van der Waals surface area contributed by atoms with Gasteiger partial charge in [-0.2, -0.15) is 0 Å². The molecule has 164 valence electrons. The van der Waals surface area contributed by atoms with Crippen molar-refractivity contribution in [1.29, 1.82) is 0 Å². The van der Waals surface area contributed by atoms with E-state index in [0.29, 0.717) is 22.4 Å². The minimum atomic E-state index is -0.0959. The molecule has 0 bridgehead atoms. The fourth-order valence-corrected chi connectivity index (χ4v) is 5.02. The van der Waals surface area contributed by atoms with Gasteiger partial charge in [-0.1, -0.05) is 11.2 Å². The summed E-state index contributed by atoms with van der Waals surface area (Å²) in [7, 11) is 0. The van der Waals surface area contributed by atoms with Crippen LogP contribution in [0.2, 0.25) is 0 Å². The fourth-order valence-electron chi connectivity index (χ4n) is 4.19. The van der Waals surface area contributed by atoms with E-state index in [4.69, 9.17) is 4.52 Å². The molecule has 0 unspecified atom stereocenters. The van der Waals surface area contributed by atoms with Gasteiger partial charge in [0.2, 0.25) is 0 Å². The van der Waals surface area contributed by atoms with E-state index >= 15 is 0 Å². The molecule has 4 aromatic heterocycles. The van der Waals surface area contributed by atoms with E-state index < -0.39 is 0 Å². The van der Waals surface area contributed by atoms with Crippen molar-refractivity contribution in [2.75, 3.05) is 13.1 Å². The number of fused-ring (bicyclic) bond motifs is 1. The number of nitrogens with zero attached hydrogens (tertiary/aromatic N) is 4. The number of rotatable bonds is 5. The second-order valence-electron chi connectivity index (χ2n) is 8.26. The summed E-state index contributed by atoms with van der Waals surface area (Å²) in [6.45, 7) is 6.60. The number of likely N-dealkylation sites (tertiary alicyclic amines) is 1. The maximum atomic E-state index is 13.3. The van der Waals surface area contributed by atoms with E-state index in [9.17, 15) is 4.79 Å². The van der Waals surface area contributed by atoms with Crippen molar-refractivity contribution >= 4 is 28.3 Å². The highest BCUT2D eigenvalue weighted by Crippen LogP contribution is 2.31. The van der Waals surface area contributed by atoms with Crippen LogP contribution in [0.25, 0.3) is 21.7 Å². The van der Waals surface area contributed by atoms with Crippen molar-refractivity contribution in [2.24, 2.45) is 0 Å². The Hall–Kier alpha value is -3.10. The lowest BCUT2D eigenvalue weighted by atomic mass is 10.0. The quantitative estimate of drug-likeness (QED) is 0.489. The van der Waals surface area contributed by atoms with Crippen LogP contribution < -0.4 is 5.32 Å². The summed E-state index contributed by atoms with van der Waals surface area (Å²) >= 11 is 1.65. The minimum Gasteiger partial charge on any atom is -0.349 e. The van der Waals surface area contributed by atoms with E-state index in [1.165, 1.54) is 4.88 Å². The van der Waals surface area contributed by atoms with Crippen molar-refractivity contribution in [2.45, 2.75) is 39.3 Å². The van der Waals surface area contributed by atoms with E-state index in [1.807, 2.05) is 37.4 Å². The zero-order chi connectivity index (χ0) is 22.1. The maximum Gasteiger partial charge on any atom is 0.259 e. The summed E-state index contributed by atoms with van der Waals surface area (Å²) in [5.74, 6) is -0.0959.